The van der Waals surface area contributed by atoms with Crippen LogP contribution in [-0.2, 0) is 16.1 Å². The molecule has 0 radical (unpaired) electrons. The number of non-ortho nitro benzene ring substituents is 1. The predicted octanol–water partition coefficient (Wildman–Crippen LogP) is 3.61. The molecule has 1 atom stereocenters. The number of ether oxygens (including phenoxy) is 2. The number of aryl methyl sites for hydroxylation is 1. The Labute approximate surface area is 205 Å². The summed E-state index contributed by atoms with van der Waals surface area (Å²) in [4.78, 5) is 52.9. The van der Waals surface area contributed by atoms with Crippen LogP contribution >= 0.6 is 0 Å². The van der Waals surface area contributed by atoms with E-state index < -0.39 is 28.7 Å². The summed E-state index contributed by atoms with van der Waals surface area (Å²) in [6, 6.07) is 16.3. The number of benzene rings is 3. The van der Waals surface area contributed by atoms with Gasteiger partial charge in [0.2, 0.25) is 12.7 Å². The van der Waals surface area contributed by atoms with Crippen LogP contribution < -0.4 is 14.4 Å². The number of imide groups is 1. The Morgan fingerprint density at radius 1 is 1.03 bits per heavy atom. The van der Waals surface area contributed by atoms with Crippen LogP contribution in [0.25, 0.3) is 0 Å². The molecule has 182 valence electrons. The minimum Gasteiger partial charge on any atom is -0.454 e. The minimum atomic E-state index is -1.05. The Morgan fingerprint density at radius 2 is 1.72 bits per heavy atom. The van der Waals surface area contributed by atoms with Gasteiger partial charge in [0.15, 0.2) is 11.5 Å². The molecule has 10 nitrogen and oxygen atoms in total. The molecule has 1 unspecified atom stereocenters. The lowest BCUT2D eigenvalue weighted by Gasteiger charge is -2.28. The van der Waals surface area contributed by atoms with E-state index in [9.17, 15) is 24.5 Å². The molecule has 0 aromatic heterocycles. The second-order valence-electron chi connectivity index (χ2n) is 8.55. The SMILES string of the molecule is Cc1ccc(N2C(=O)CC(N(Cc3ccc4c(c3)OCO4)C(=O)c3ccc([N+](=O)[O-])cc3)C2=O)cc1. The fourth-order valence-electron chi connectivity index (χ4n) is 4.28. The maximum absolute atomic E-state index is 13.6. The van der Waals surface area contributed by atoms with Gasteiger partial charge >= 0.3 is 0 Å². The third kappa shape index (κ3) is 4.24. The molecule has 1 saturated heterocycles. The van der Waals surface area contributed by atoms with Crippen molar-refractivity contribution in [2.45, 2.75) is 25.9 Å². The number of amides is 3. The van der Waals surface area contributed by atoms with Gasteiger partial charge in [0.05, 0.1) is 17.0 Å². The van der Waals surface area contributed by atoms with E-state index in [1.54, 1.807) is 42.5 Å². The maximum Gasteiger partial charge on any atom is 0.269 e. The summed E-state index contributed by atoms with van der Waals surface area (Å²) in [6.45, 7) is 2.00. The normalized spacial score (nSPS) is 16.4. The quantitative estimate of drug-likeness (QED) is 0.296. The highest BCUT2D eigenvalue weighted by atomic mass is 16.7. The second kappa shape index (κ2) is 9.14. The van der Waals surface area contributed by atoms with Gasteiger partial charge in [-0.05, 0) is 48.9 Å². The largest absolute Gasteiger partial charge is 0.454 e. The van der Waals surface area contributed by atoms with Crippen LogP contribution in [0.2, 0.25) is 0 Å². The molecule has 2 aliphatic heterocycles. The molecule has 0 N–H and O–H groups in total. The zero-order valence-electron chi connectivity index (χ0n) is 19.2. The molecule has 0 aliphatic carbocycles. The van der Waals surface area contributed by atoms with Gasteiger partial charge in [0.25, 0.3) is 17.5 Å². The lowest BCUT2D eigenvalue weighted by Crippen LogP contribution is -2.45. The Bertz CT molecular complexity index is 1370. The molecule has 5 rings (SSSR count). The summed E-state index contributed by atoms with van der Waals surface area (Å²) in [5, 5.41) is 11.0. The Morgan fingerprint density at radius 3 is 2.42 bits per heavy atom. The van der Waals surface area contributed by atoms with E-state index in [0.717, 1.165) is 10.5 Å². The van der Waals surface area contributed by atoms with Crippen molar-refractivity contribution in [3.05, 3.63) is 93.5 Å². The highest BCUT2D eigenvalue weighted by molar-refractivity contribution is 6.23. The summed E-state index contributed by atoms with van der Waals surface area (Å²) in [5.41, 5.74) is 2.08. The van der Waals surface area contributed by atoms with Crippen molar-refractivity contribution in [2.24, 2.45) is 0 Å². The standard InChI is InChI=1S/C26H21N3O7/c1-16-2-7-19(8-3-16)28-24(30)13-21(26(28)32)27(14-17-4-11-22-23(12-17)36-15-35-22)25(31)18-5-9-20(10-6-18)29(33)34/h2-12,21H,13-15H2,1H3. The van der Waals surface area contributed by atoms with Gasteiger partial charge in [-0.2, -0.15) is 0 Å². The van der Waals surface area contributed by atoms with E-state index in [2.05, 4.69) is 0 Å². The molecule has 10 heteroatoms. The first-order chi connectivity index (χ1) is 17.3. The van der Waals surface area contributed by atoms with Gasteiger partial charge in [-0.1, -0.05) is 23.8 Å². The zero-order valence-corrected chi connectivity index (χ0v) is 19.2. The Balaban J connectivity index is 1.49. The van der Waals surface area contributed by atoms with Crippen molar-refractivity contribution in [3.8, 4) is 11.5 Å². The molecule has 3 aromatic carbocycles. The monoisotopic (exact) mass is 487 g/mol. The van der Waals surface area contributed by atoms with Crippen molar-refractivity contribution in [1.29, 1.82) is 0 Å². The number of nitro benzene ring substituents is 1. The van der Waals surface area contributed by atoms with Crippen molar-refractivity contribution >= 4 is 29.1 Å². The van der Waals surface area contributed by atoms with Crippen molar-refractivity contribution in [2.75, 3.05) is 11.7 Å². The van der Waals surface area contributed by atoms with Crippen LogP contribution in [0.3, 0.4) is 0 Å². The van der Waals surface area contributed by atoms with Gasteiger partial charge < -0.3 is 14.4 Å². The van der Waals surface area contributed by atoms with Gasteiger partial charge in [-0.15, -0.1) is 0 Å². The van der Waals surface area contributed by atoms with Crippen molar-refractivity contribution in [3.63, 3.8) is 0 Å². The first-order valence-corrected chi connectivity index (χ1v) is 11.2. The molecular formula is C26H21N3O7. The summed E-state index contributed by atoms with van der Waals surface area (Å²) < 4.78 is 10.8. The van der Waals surface area contributed by atoms with Gasteiger partial charge in [-0.3, -0.25) is 24.5 Å². The molecular weight excluding hydrogens is 466 g/mol. The summed E-state index contributed by atoms with van der Waals surface area (Å²) in [7, 11) is 0. The maximum atomic E-state index is 13.6. The molecule has 3 amide bonds. The third-order valence-corrected chi connectivity index (χ3v) is 6.17. The number of fused-ring (bicyclic) bond motifs is 1. The van der Waals surface area contributed by atoms with E-state index in [1.165, 1.54) is 29.2 Å². The predicted molar refractivity (Wildman–Crippen MR) is 128 cm³/mol. The lowest BCUT2D eigenvalue weighted by atomic mass is 10.1. The average molecular weight is 487 g/mol. The molecule has 0 bridgehead atoms. The molecule has 36 heavy (non-hydrogen) atoms. The summed E-state index contributed by atoms with van der Waals surface area (Å²) in [5.74, 6) is -0.365. The number of hydrogen-bond donors (Lipinski definition) is 0. The Hall–Kier alpha value is -4.73. The minimum absolute atomic E-state index is 0.0118. The number of hydrogen-bond acceptors (Lipinski definition) is 7. The smallest absolute Gasteiger partial charge is 0.269 e. The number of rotatable bonds is 6. The van der Waals surface area contributed by atoms with E-state index in [1.807, 2.05) is 6.92 Å². The number of nitrogens with zero attached hydrogens (tertiary/aromatic N) is 3. The average Bonchev–Trinajstić information content (AvgIpc) is 3.46. The third-order valence-electron chi connectivity index (χ3n) is 6.17. The highest BCUT2D eigenvalue weighted by Crippen LogP contribution is 2.34. The van der Waals surface area contributed by atoms with Gasteiger partial charge in [-0.25, -0.2) is 4.90 Å². The first-order valence-electron chi connectivity index (χ1n) is 11.2. The second-order valence-corrected chi connectivity index (χ2v) is 8.55. The molecule has 2 heterocycles. The van der Waals surface area contributed by atoms with Crippen LogP contribution in [0.15, 0.2) is 66.7 Å². The van der Waals surface area contributed by atoms with Crippen molar-refractivity contribution < 1.29 is 28.8 Å². The van der Waals surface area contributed by atoms with E-state index in [0.29, 0.717) is 22.7 Å². The van der Waals surface area contributed by atoms with Crippen molar-refractivity contribution in [1.82, 2.24) is 4.90 Å². The van der Waals surface area contributed by atoms with Crippen LogP contribution in [0.1, 0.15) is 27.9 Å². The molecule has 1 fully saturated rings. The topological polar surface area (TPSA) is 119 Å². The van der Waals surface area contributed by atoms with Crippen LogP contribution in [0.4, 0.5) is 11.4 Å². The van der Waals surface area contributed by atoms with Crippen LogP contribution in [0.5, 0.6) is 11.5 Å². The number of carbonyl (C=O) groups is 3. The Kier molecular flexibility index (Phi) is 5.85. The molecule has 2 aliphatic rings. The van der Waals surface area contributed by atoms with Crippen LogP contribution in [-0.4, -0.2) is 40.4 Å². The van der Waals surface area contributed by atoms with E-state index in [4.69, 9.17) is 9.47 Å². The number of anilines is 1. The summed E-state index contributed by atoms with van der Waals surface area (Å²) in [6.07, 6.45) is -0.185. The zero-order chi connectivity index (χ0) is 25.4. The van der Waals surface area contributed by atoms with E-state index in [-0.39, 0.29) is 31.0 Å². The molecule has 0 saturated carbocycles. The molecule has 3 aromatic rings. The highest BCUT2D eigenvalue weighted by Gasteiger charge is 2.44. The van der Waals surface area contributed by atoms with E-state index >= 15 is 0 Å². The number of carbonyl (C=O) groups excluding carboxylic acids is 3. The van der Waals surface area contributed by atoms with Crippen LogP contribution in [0, 0.1) is 17.0 Å². The first kappa shape index (κ1) is 23.0. The number of nitro groups is 1. The lowest BCUT2D eigenvalue weighted by molar-refractivity contribution is -0.384. The summed E-state index contributed by atoms with van der Waals surface area (Å²) >= 11 is 0. The fourth-order valence-corrected chi connectivity index (χ4v) is 4.28. The molecule has 0 spiro atoms. The van der Waals surface area contributed by atoms with Gasteiger partial charge in [0, 0.05) is 24.2 Å². The van der Waals surface area contributed by atoms with Gasteiger partial charge in [0.1, 0.15) is 6.04 Å². The fraction of sp³-hybridized carbons (Fsp3) is 0.192.